The number of aromatic nitrogens is 4. The number of aliphatic hydroxyl groups is 2. The van der Waals surface area contributed by atoms with Gasteiger partial charge in [-0.3, -0.25) is 23.1 Å². The quantitative estimate of drug-likeness (QED) is 0.209. The first kappa shape index (κ1) is 26.6. The zero-order valence-corrected chi connectivity index (χ0v) is 20.3. The Morgan fingerprint density at radius 3 is 2.47 bits per heavy atom. The molecule has 0 bridgehead atoms. The van der Waals surface area contributed by atoms with Gasteiger partial charge in [-0.15, -0.1) is 0 Å². The molecule has 0 radical (unpaired) electrons. The molecule has 5 atom stereocenters. The first-order chi connectivity index (χ1) is 16.8. The average Bonchev–Trinajstić information content (AvgIpc) is 3.25. The predicted octanol–water partition coefficient (Wildman–Crippen LogP) is -1.21. The standard InChI is InChI=1S/C18H22N4O12P2/c1-20-12-5-3-2-4-10(12)11(19-20)8-22-14(23)6-7-21(18(22)26)17-16(25)15(24)13(33-17)9-32-36(30,31)34-35(27,28)29/h2-7,13,15-17,24-25H,8-9H2,1H3,(H,30,31)(H2,27,28,29). The Morgan fingerprint density at radius 2 is 1.78 bits per heavy atom. The van der Waals surface area contributed by atoms with Crippen LogP contribution in [0.3, 0.4) is 0 Å². The van der Waals surface area contributed by atoms with Gasteiger partial charge in [-0.25, -0.2) is 13.9 Å². The molecule has 0 saturated carbocycles. The molecular weight excluding hydrogens is 526 g/mol. The topological polar surface area (TPSA) is 225 Å². The van der Waals surface area contributed by atoms with E-state index in [9.17, 15) is 33.8 Å². The molecule has 3 heterocycles. The van der Waals surface area contributed by atoms with Crippen molar-refractivity contribution in [2.75, 3.05) is 6.61 Å². The smallest absolute Gasteiger partial charge is 0.387 e. The molecule has 0 amide bonds. The summed E-state index contributed by atoms with van der Waals surface area (Å²) in [4.78, 5) is 52.4. The fourth-order valence-corrected chi connectivity index (χ4v) is 5.45. The molecule has 1 aliphatic heterocycles. The van der Waals surface area contributed by atoms with E-state index in [-0.39, 0.29) is 6.54 Å². The van der Waals surface area contributed by atoms with Crippen molar-refractivity contribution >= 4 is 26.5 Å². The Balaban J connectivity index is 1.58. The SMILES string of the molecule is Cn1nc(Cn2c(=O)ccn(C3OC(COP(=O)(O)OP(=O)(O)O)C(O)C3O)c2=O)c2ccccc21. The third-order valence-electron chi connectivity index (χ3n) is 5.46. The Kier molecular flexibility index (Phi) is 7.20. The number of phosphoric ester groups is 1. The molecule has 1 saturated heterocycles. The van der Waals surface area contributed by atoms with Gasteiger partial charge in [0.05, 0.1) is 24.4 Å². The first-order valence-electron chi connectivity index (χ1n) is 10.3. The van der Waals surface area contributed by atoms with Crippen LogP contribution < -0.4 is 11.2 Å². The molecule has 0 aliphatic carbocycles. The third kappa shape index (κ3) is 5.43. The third-order valence-corrected chi connectivity index (χ3v) is 7.61. The van der Waals surface area contributed by atoms with Crippen LogP contribution in [-0.2, 0) is 36.3 Å². The molecule has 5 unspecified atom stereocenters. The lowest BCUT2D eigenvalue weighted by atomic mass is 10.1. The molecule has 18 heteroatoms. The van der Waals surface area contributed by atoms with Gasteiger partial charge in [0.1, 0.15) is 18.3 Å². The first-order valence-corrected chi connectivity index (χ1v) is 13.3. The molecule has 16 nitrogen and oxygen atoms in total. The van der Waals surface area contributed by atoms with Gasteiger partial charge in [-0.2, -0.15) is 9.41 Å². The fraction of sp³-hybridized carbons (Fsp3) is 0.389. The number of hydrogen-bond acceptors (Lipinski definition) is 10. The summed E-state index contributed by atoms with van der Waals surface area (Å²) in [5, 5.41) is 25.8. The minimum Gasteiger partial charge on any atom is -0.387 e. The van der Waals surface area contributed by atoms with Crippen LogP contribution in [0.2, 0.25) is 0 Å². The van der Waals surface area contributed by atoms with E-state index in [0.717, 1.165) is 32.3 Å². The number of rotatable bonds is 8. The highest BCUT2D eigenvalue weighted by Crippen LogP contribution is 2.57. The van der Waals surface area contributed by atoms with Crippen molar-refractivity contribution < 1.29 is 47.6 Å². The summed E-state index contributed by atoms with van der Waals surface area (Å²) in [6.07, 6.45) is -5.46. The van der Waals surface area contributed by atoms with Gasteiger partial charge < -0.3 is 29.6 Å². The molecule has 1 aliphatic rings. The van der Waals surface area contributed by atoms with E-state index in [1.807, 2.05) is 12.1 Å². The summed E-state index contributed by atoms with van der Waals surface area (Å²) in [6.45, 7) is -1.14. The van der Waals surface area contributed by atoms with E-state index < -0.39 is 58.0 Å². The highest BCUT2D eigenvalue weighted by Gasteiger charge is 2.46. The Labute approximate surface area is 201 Å². The molecule has 1 fully saturated rings. The van der Waals surface area contributed by atoms with Crippen molar-refractivity contribution in [1.82, 2.24) is 18.9 Å². The van der Waals surface area contributed by atoms with E-state index in [4.69, 9.17) is 14.5 Å². The van der Waals surface area contributed by atoms with Crippen LogP contribution in [0.4, 0.5) is 0 Å². The fourth-order valence-electron chi connectivity index (χ4n) is 3.85. The minimum atomic E-state index is -5.37. The Hall–Kier alpha value is -2.49. The number of hydrogen-bond donors (Lipinski definition) is 5. The predicted molar refractivity (Wildman–Crippen MR) is 120 cm³/mol. The molecule has 0 spiro atoms. The van der Waals surface area contributed by atoms with Gasteiger partial charge in [0, 0.05) is 24.7 Å². The zero-order chi connectivity index (χ0) is 26.4. The maximum atomic E-state index is 13.2. The van der Waals surface area contributed by atoms with E-state index in [0.29, 0.717) is 5.69 Å². The van der Waals surface area contributed by atoms with Gasteiger partial charge in [0.2, 0.25) is 0 Å². The largest absolute Gasteiger partial charge is 0.481 e. The van der Waals surface area contributed by atoms with Crippen LogP contribution >= 0.6 is 15.6 Å². The molecule has 5 N–H and O–H groups in total. The van der Waals surface area contributed by atoms with Crippen molar-refractivity contribution in [3.05, 3.63) is 63.1 Å². The lowest BCUT2D eigenvalue weighted by Crippen LogP contribution is -2.43. The van der Waals surface area contributed by atoms with Gasteiger partial charge >= 0.3 is 21.3 Å². The summed E-state index contributed by atoms with van der Waals surface area (Å²) >= 11 is 0. The van der Waals surface area contributed by atoms with Crippen LogP contribution in [0.15, 0.2) is 46.1 Å². The van der Waals surface area contributed by atoms with Crippen LogP contribution in [0.25, 0.3) is 10.9 Å². The molecule has 3 aromatic rings. The summed E-state index contributed by atoms with van der Waals surface area (Å²) in [5.74, 6) is 0. The molecule has 2 aromatic heterocycles. The number of para-hydroxylation sites is 1. The van der Waals surface area contributed by atoms with Crippen molar-refractivity contribution in [3.63, 3.8) is 0 Å². The average molecular weight is 548 g/mol. The molecule has 196 valence electrons. The number of ether oxygens (including phenoxy) is 1. The number of nitrogens with zero attached hydrogens (tertiary/aromatic N) is 4. The molecule has 36 heavy (non-hydrogen) atoms. The second kappa shape index (κ2) is 9.76. The highest BCUT2D eigenvalue weighted by atomic mass is 31.3. The number of aryl methyl sites for hydroxylation is 1. The van der Waals surface area contributed by atoms with Gasteiger partial charge in [0.15, 0.2) is 6.23 Å². The van der Waals surface area contributed by atoms with E-state index in [1.165, 1.54) is 0 Å². The number of phosphoric acid groups is 2. The van der Waals surface area contributed by atoms with Crippen molar-refractivity contribution in [2.24, 2.45) is 7.05 Å². The van der Waals surface area contributed by atoms with Gasteiger partial charge in [-0.1, -0.05) is 18.2 Å². The number of benzene rings is 1. The molecule has 4 rings (SSSR count). The summed E-state index contributed by atoms with van der Waals surface area (Å²) in [6, 6.07) is 8.25. The maximum Gasteiger partial charge on any atom is 0.481 e. The lowest BCUT2D eigenvalue weighted by molar-refractivity contribution is -0.0547. The molecule has 1 aromatic carbocycles. The normalized spacial score (nSPS) is 24.3. The highest BCUT2D eigenvalue weighted by molar-refractivity contribution is 7.60. The Bertz CT molecular complexity index is 1490. The van der Waals surface area contributed by atoms with E-state index in [1.54, 1.807) is 23.9 Å². The lowest BCUT2D eigenvalue weighted by Gasteiger charge is -2.19. The van der Waals surface area contributed by atoms with Crippen LogP contribution in [-0.4, -0.2) is 68.7 Å². The maximum absolute atomic E-state index is 13.2. The zero-order valence-electron chi connectivity index (χ0n) is 18.5. The van der Waals surface area contributed by atoms with Crippen LogP contribution in [0.1, 0.15) is 11.9 Å². The number of aliphatic hydroxyl groups excluding tert-OH is 2. The van der Waals surface area contributed by atoms with Crippen molar-refractivity contribution in [3.8, 4) is 0 Å². The van der Waals surface area contributed by atoms with Crippen LogP contribution in [0, 0.1) is 0 Å². The van der Waals surface area contributed by atoms with Gasteiger partial charge in [0.25, 0.3) is 5.56 Å². The second-order valence-electron chi connectivity index (χ2n) is 7.90. The minimum absolute atomic E-state index is 0.203. The van der Waals surface area contributed by atoms with Crippen LogP contribution in [0.5, 0.6) is 0 Å². The van der Waals surface area contributed by atoms with E-state index in [2.05, 4.69) is 13.9 Å². The second-order valence-corrected chi connectivity index (χ2v) is 10.7. The summed E-state index contributed by atoms with van der Waals surface area (Å²) in [5.41, 5.74) is -0.336. The van der Waals surface area contributed by atoms with Crippen molar-refractivity contribution in [2.45, 2.75) is 31.1 Å². The summed E-state index contributed by atoms with van der Waals surface area (Å²) in [7, 11) is -8.91. The summed E-state index contributed by atoms with van der Waals surface area (Å²) < 4.78 is 39.2. The van der Waals surface area contributed by atoms with Gasteiger partial charge in [-0.05, 0) is 6.07 Å². The van der Waals surface area contributed by atoms with Crippen molar-refractivity contribution in [1.29, 1.82) is 0 Å². The van der Waals surface area contributed by atoms with E-state index >= 15 is 0 Å². The Morgan fingerprint density at radius 1 is 1.08 bits per heavy atom. The number of fused-ring (bicyclic) bond motifs is 1. The molecular formula is C18H22N4O12P2. The monoisotopic (exact) mass is 548 g/mol.